The number of phenols is 1. The minimum atomic E-state index is 0.321. The van der Waals surface area contributed by atoms with Crippen LogP contribution in [0.1, 0.15) is 39.2 Å². The lowest BCUT2D eigenvalue weighted by molar-refractivity contribution is 0.474. The molecule has 0 spiro atoms. The summed E-state index contributed by atoms with van der Waals surface area (Å²) in [6.07, 6.45) is 3.20. The van der Waals surface area contributed by atoms with Crippen molar-refractivity contribution in [1.82, 2.24) is 10.6 Å². The van der Waals surface area contributed by atoms with Crippen molar-refractivity contribution in [3.8, 4) is 5.75 Å². The molecule has 0 unspecified atom stereocenters. The first kappa shape index (κ1) is 17.3. The van der Waals surface area contributed by atoms with Gasteiger partial charge in [-0.05, 0) is 37.0 Å². The second-order valence-electron chi connectivity index (χ2n) is 5.25. The van der Waals surface area contributed by atoms with Crippen LogP contribution in [0.5, 0.6) is 5.75 Å². The molecule has 21 heavy (non-hydrogen) atoms. The molecule has 1 aromatic carbocycles. The van der Waals surface area contributed by atoms with Gasteiger partial charge in [0.05, 0.1) is 0 Å². The fraction of sp³-hybridized carbons (Fsp3) is 0.588. The maximum Gasteiger partial charge on any atom is 0.191 e. The number of aliphatic imine (C=N–C) groups is 1. The summed E-state index contributed by atoms with van der Waals surface area (Å²) in [5, 5.41) is 16.1. The zero-order valence-corrected chi connectivity index (χ0v) is 13.5. The van der Waals surface area contributed by atoms with E-state index >= 15 is 0 Å². The van der Waals surface area contributed by atoms with E-state index in [-0.39, 0.29) is 0 Å². The molecule has 0 amide bonds. The molecule has 0 saturated carbocycles. The molecule has 118 valence electrons. The van der Waals surface area contributed by atoms with Crippen LogP contribution >= 0.6 is 0 Å². The Morgan fingerprint density at radius 2 is 1.95 bits per heavy atom. The number of benzene rings is 1. The van der Waals surface area contributed by atoms with Crippen LogP contribution < -0.4 is 10.6 Å². The monoisotopic (exact) mass is 291 g/mol. The SMILES string of the molecule is CCNC(=NCC(CC)CC)NCCc1cccc(O)c1. The molecular formula is C17H29N3O. The summed E-state index contributed by atoms with van der Waals surface area (Å²) < 4.78 is 0. The van der Waals surface area contributed by atoms with Gasteiger partial charge in [-0.3, -0.25) is 4.99 Å². The molecule has 0 aliphatic rings. The minimum absolute atomic E-state index is 0.321. The molecule has 1 aromatic rings. The molecule has 3 N–H and O–H groups in total. The zero-order valence-electron chi connectivity index (χ0n) is 13.5. The molecule has 0 fully saturated rings. The number of nitrogens with zero attached hydrogens (tertiary/aromatic N) is 1. The lowest BCUT2D eigenvalue weighted by Gasteiger charge is -2.14. The van der Waals surface area contributed by atoms with Gasteiger partial charge in [-0.2, -0.15) is 0 Å². The second kappa shape index (κ2) is 10.1. The van der Waals surface area contributed by atoms with E-state index in [1.165, 1.54) is 12.8 Å². The fourth-order valence-corrected chi connectivity index (χ4v) is 2.15. The van der Waals surface area contributed by atoms with Crippen LogP contribution in [0, 0.1) is 5.92 Å². The van der Waals surface area contributed by atoms with Crippen molar-refractivity contribution in [2.75, 3.05) is 19.6 Å². The van der Waals surface area contributed by atoms with Gasteiger partial charge in [0.1, 0.15) is 5.75 Å². The number of guanidine groups is 1. The molecule has 4 heteroatoms. The lowest BCUT2D eigenvalue weighted by atomic mass is 10.0. The Kier molecular flexibility index (Phi) is 8.32. The van der Waals surface area contributed by atoms with Crippen molar-refractivity contribution in [2.45, 2.75) is 40.0 Å². The first-order valence-electron chi connectivity index (χ1n) is 7.99. The molecule has 0 saturated heterocycles. The van der Waals surface area contributed by atoms with Gasteiger partial charge in [-0.15, -0.1) is 0 Å². The van der Waals surface area contributed by atoms with Gasteiger partial charge in [-0.1, -0.05) is 38.8 Å². The highest BCUT2D eigenvalue weighted by Crippen LogP contribution is 2.11. The Labute approximate surface area is 128 Å². The fourth-order valence-electron chi connectivity index (χ4n) is 2.15. The smallest absolute Gasteiger partial charge is 0.191 e. The highest BCUT2D eigenvalue weighted by Gasteiger charge is 2.03. The van der Waals surface area contributed by atoms with Gasteiger partial charge < -0.3 is 15.7 Å². The van der Waals surface area contributed by atoms with Crippen molar-refractivity contribution in [1.29, 1.82) is 0 Å². The predicted octanol–water partition coefficient (Wildman–Crippen LogP) is 2.93. The van der Waals surface area contributed by atoms with Crippen molar-refractivity contribution < 1.29 is 5.11 Å². The van der Waals surface area contributed by atoms with Gasteiger partial charge in [0.15, 0.2) is 5.96 Å². The number of rotatable bonds is 8. The van der Waals surface area contributed by atoms with Crippen LogP contribution in [0.4, 0.5) is 0 Å². The van der Waals surface area contributed by atoms with Crippen LogP contribution in [0.15, 0.2) is 29.3 Å². The van der Waals surface area contributed by atoms with Gasteiger partial charge in [0.25, 0.3) is 0 Å². The van der Waals surface area contributed by atoms with Crippen molar-refractivity contribution >= 4 is 5.96 Å². The van der Waals surface area contributed by atoms with E-state index < -0.39 is 0 Å². The standard InChI is InChI=1S/C17H29N3O/c1-4-14(5-2)13-20-17(18-6-3)19-11-10-15-8-7-9-16(21)12-15/h7-9,12,14,21H,4-6,10-11,13H2,1-3H3,(H2,18,19,20). The molecule has 0 aromatic heterocycles. The highest BCUT2D eigenvalue weighted by molar-refractivity contribution is 5.79. The maximum atomic E-state index is 9.45. The predicted molar refractivity (Wildman–Crippen MR) is 89.9 cm³/mol. The van der Waals surface area contributed by atoms with E-state index in [0.29, 0.717) is 11.7 Å². The molecule has 0 aliphatic carbocycles. The molecular weight excluding hydrogens is 262 g/mol. The van der Waals surface area contributed by atoms with Gasteiger partial charge >= 0.3 is 0 Å². The average Bonchev–Trinajstić information content (AvgIpc) is 2.48. The van der Waals surface area contributed by atoms with Gasteiger partial charge in [0.2, 0.25) is 0 Å². The summed E-state index contributed by atoms with van der Waals surface area (Å²) in [5.74, 6) is 1.86. The summed E-state index contributed by atoms with van der Waals surface area (Å²) in [5.41, 5.74) is 1.12. The van der Waals surface area contributed by atoms with E-state index in [2.05, 4.69) is 36.4 Å². The molecule has 0 bridgehead atoms. The Bertz CT molecular complexity index is 428. The van der Waals surface area contributed by atoms with Gasteiger partial charge in [-0.25, -0.2) is 0 Å². The van der Waals surface area contributed by atoms with E-state index in [1.807, 2.05) is 12.1 Å². The maximum absolute atomic E-state index is 9.45. The minimum Gasteiger partial charge on any atom is -0.508 e. The van der Waals surface area contributed by atoms with E-state index in [1.54, 1.807) is 12.1 Å². The first-order chi connectivity index (χ1) is 10.2. The summed E-state index contributed by atoms with van der Waals surface area (Å²) in [4.78, 5) is 4.65. The molecule has 4 nitrogen and oxygen atoms in total. The van der Waals surface area contributed by atoms with Crippen LogP contribution in [0.25, 0.3) is 0 Å². The van der Waals surface area contributed by atoms with Crippen LogP contribution in [0.2, 0.25) is 0 Å². The third-order valence-electron chi connectivity index (χ3n) is 3.62. The van der Waals surface area contributed by atoms with E-state index in [4.69, 9.17) is 0 Å². The highest BCUT2D eigenvalue weighted by atomic mass is 16.3. The summed E-state index contributed by atoms with van der Waals surface area (Å²) in [6, 6.07) is 7.39. The van der Waals surface area contributed by atoms with E-state index in [0.717, 1.165) is 37.6 Å². The number of hydrogen-bond acceptors (Lipinski definition) is 2. The van der Waals surface area contributed by atoms with Gasteiger partial charge in [0, 0.05) is 19.6 Å². The summed E-state index contributed by atoms with van der Waals surface area (Å²) >= 11 is 0. The Hall–Kier alpha value is -1.71. The summed E-state index contributed by atoms with van der Waals surface area (Å²) in [6.45, 7) is 9.04. The Morgan fingerprint density at radius 1 is 1.19 bits per heavy atom. The largest absolute Gasteiger partial charge is 0.508 e. The Balaban J connectivity index is 2.45. The molecule has 0 heterocycles. The van der Waals surface area contributed by atoms with Crippen LogP contribution in [-0.4, -0.2) is 30.7 Å². The third kappa shape index (κ3) is 7.02. The summed E-state index contributed by atoms with van der Waals surface area (Å²) in [7, 11) is 0. The number of nitrogens with one attached hydrogen (secondary N) is 2. The number of hydrogen-bond donors (Lipinski definition) is 3. The van der Waals surface area contributed by atoms with Crippen molar-refractivity contribution in [3.63, 3.8) is 0 Å². The van der Waals surface area contributed by atoms with Crippen molar-refractivity contribution in [3.05, 3.63) is 29.8 Å². The van der Waals surface area contributed by atoms with Crippen LogP contribution in [-0.2, 0) is 6.42 Å². The molecule has 1 rings (SSSR count). The average molecular weight is 291 g/mol. The molecule has 0 radical (unpaired) electrons. The molecule has 0 atom stereocenters. The number of phenolic OH excluding ortho intramolecular Hbond substituents is 1. The zero-order chi connectivity index (χ0) is 15.5. The topological polar surface area (TPSA) is 56.7 Å². The normalized spacial score (nSPS) is 11.7. The Morgan fingerprint density at radius 3 is 2.57 bits per heavy atom. The van der Waals surface area contributed by atoms with E-state index in [9.17, 15) is 5.11 Å². The lowest BCUT2D eigenvalue weighted by Crippen LogP contribution is -2.38. The van der Waals surface area contributed by atoms with Crippen LogP contribution in [0.3, 0.4) is 0 Å². The molecule has 0 aliphatic heterocycles. The van der Waals surface area contributed by atoms with Crippen molar-refractivity contribution in [2.24, 2.45) is 10.9 Å². The first-order valence-corrected chi connectivity index (χ1v) is 7.99. The third-order valence-corrected chi connectivity index (χ3v) is 3.62. The quantitative estimate of drug-likeness (QED) is 0.510. The second-order valence-corrected chi connectivity index (χ2v) is 5.25. The number of aromatic hydroxyl groups is 1.